The molecule has 1 heterocycles. The second-order valence-corrected chi connectivity index (χ2v) is 5.03. The minimum Gasteiger partial charge on any atom is -0.399 e. The van der Waals surface area contributed by atoms with Crippen molar-refractivity contribution in [2.24, 2.45) is 0 Å². The molecule has 3 rings (SSSR count). The molecule has 0 amide bonds. The van der Waals surface area contributed by atoms with E-state index in [0.717, 1.165) is 5.56 Å². The monoisotopic (exact) mass is 333 g/mol. The number of halogens is 2. The van der Waals surface area contributed by atoms with Crippen LogP contribution in [0.5, 0.6) is 0 Å². The Morgan fingerprint density at radius 3 is 2.75 bits per heavy atom. The summed E-state index contributed by atoms with van der Waals surface area (Å²) < 4.78 is 18.8. The van der Waals surface area contributed by atoms with E-state index in [1.165, 1.54) is 12.1 Å². The van der Waals surface area contributed by atoms with Gasteiger partial charge in [0, 0.05) is 15.7 Å². The van der Waals surface area contributed by atoms with E-state index in [0.29, 0.717) is 27.4 Å². The van der Waals surface area contributed by atoms with Crippen molar-refractivity contribution in [3.05, 3.63) is 52.8 Å². The van der Waals surface area contributed by atoms with Crippen molar-refractivity contribution in [2.45, 2.75) is 0 Å². The zero-order chi connectivity index (χ0) is 14.1. The van der Waals surface area contributed by atoms with E-state index >= 15 is 0 Å². The number of aromatic nitrogens is 2. The lowest BCUT2D eigenvalue weighted by molar-refractivity contribution is 0.432. The van der Waals surface area contributed by atoms with Gasteiger partial charge < -0.3 is 10.3 Å². The third-order valence-corrected chi connectivity index (χ3v) is 3.39. The number of hydrogen-bond acceptors (Lipinski definition) is 4. The van der Waals surface area contributed by atoms with Gasteiger partial charge in [-0.1, -0.05) is 17.3 Å². The predicted molar refractivity (Wildman–Crippen MR) is 77.2 cm³/mol. The number of rotatable bonds is 2. The van der Waals surface area contributed by atoms with E-state index in [9.17, 15) is 4.39 Å². The molecule has 3 aromatic rings. The fourth-order valence-corrected chi connectivity index (χ4v) is 2.31. The summed E-state index contributed by atoms with van der Waals surface area (Å²) in [5.74, 6) is 0.411. The Morgan fingerprint density at radius 1 is 1.15 bits per heavy atom. The zero-order valence-electron chi connectivity index (χ0n) is 10.2. The van der Waals surface area contributed by atoms with E-state index in [1.54, 1.807) is 18.2 Å². The third kappa shape index (κ3) is 2.42. The van der Waals surface area contributed by atoms with Gasteiger partial charge in [0.25, 0.3) is 5.89 Å². The molecule has 0 fully saturated rings. The molecule has 2 aromatic carbocycles. The fraction of sp³-hybridized carbons (Fsp3) is 0. The summed E-state index contributed by atoms with van der Waals surface area (Å²) in [4.78, 5) is 4.30. The van der Waals surface area contributed by atoms with Gasteiger partial charge in [0.2, 0.25) is 5.82 Å². The molecule has 0 aliphatic rings. The van der Waals surface area contributed by atoms with Gasteiger partial charge in [0.1, 0.15) is 5.82 Å². The van der Waals surface area contributed by atoms with Crippen LogP contribution in [0.4, 0.5) is 10.1 Å². The minimum absolute atomic E-state index is 0.314. The van der Waals surface area contributed by atoms with Crippen LogP contribution in [0.2, 0.25) is 0 Å². The lowest BCUT2D eigenvalue weighted by atomic mass is 10.2. The van der Waals surface area contributed by atoms with Crippen LogP contribution in [0.15, 0.2) is 51.5 Å². The fourth-order valence-electron chi connectivity index (χ4n) is 1.79. The zero-order valence-corrected chi connectivity index (χ0v) is 11.8. The van der Waals surface area contributed by atoms with Crippen molar-refractivity contribution in [3.63, 3.8) is 0 Å². The lowest BCUT2D eigenvalue weighted by Crippen LogP contribution is -1.86. The van der Waals surface area contributed by atoms with E-state index in [1.807, 2.05) is 12.1 Å². The first-order valence-corrected chi connectivity index (χ1v) is 6.58. The second-order valence-electron chi connectivity index (χ2n) is 4.17. The SMILES string of the molecule is Nc1cccc(-c2noc(-c3ccc(F)cc3Br)n2)c1. The highest BCUT2D eigenvalue weighted by Gasteiger charge is 2.13. The number of anilines is 1. The quantitative estimate of drug-likeness (QED) is 0.722. The number of nitrogens with two attached hydrogens (primary N) is 1. The van der Waals surface area contributed by atoms with Crippen molar-refractivity contribution < 1.29 is 8.91 Å². The van der Waals surface area contributed by atoms with Gasteiger partial charge in [-0.3, -0.25) is 0 Å². The van der Waals surface area contributed by atoms with Crippen LogP contribution in [0.3, 0.4) is 0 Å². The summed E-state index contributed by atoms with van der Waals surface area (Å²) in [6.45, 7) is 0. The standard InChI is InChI=1S/C14H9BrFN3O/c15-12-7-9(16)4-5-11(12)14-18-13(19-20-14)8-2-1-3-10(17)6-8/h1-7H,17H2. The smallest absolute Gasteiger partial charge is 0.259 e. The third-order valence-electron chi connectivity index (χ3n) is 2.73. The minimum atomic E-state index is -0.337. The molecule has 0 aliphatic carbocycles. The molecule has 100 valence electrons. The molecule has 0 saturated heterocycles. The molecule has 0 saturated carbocycles. The molecule has 0 atom stereocenters. The molecule has 6 heteroatoms. The van der Waals surface area contributed by atoms with Crippen molar-refractivity contribution in [1.29, 1.82) is 0 Å². The van der Waals surface area contributed by atoms with Crippen LogP contribution in [-0.4, -0.2) is 10.1 Å². The first-order chi connectivity index (χ1) is 9.63. The van der Waals surface area contributed by atoms with E-state index in [-0.39, 0.29) is 5.82 Å². The maximum Gasteiger partial charge on any atom is 0.259 e. The molecule has 20 heavy (non-hydrogen) atoms. The van der Waals surface area contributed by atoms with Crippen molar-refractivity contribution in [1.82, 2.24) is 10.1 Å². The van der Waals surface area contributed by atoms with Gasteiger partial charge in [-0.2, -0.15) is 4.98 Å². The lowest BCUT2D eigenvalue weighted by Gasteiger charge is -1.98. The highest BCUT2D eigenvalue weighted by molar-refractivity contribution is 9.10. The van der Waals surface area contributed by atoms with Crippen LogP contribution in [0, 0.1) is 5.82 Å². The van der Waals surface area contributed by atoms with Crippen LogP contribution >= 0.6 is 15.9 Å². The Hall–Kier alpha value is -2.21. The average Bonchev–Trinajstić information content (AvgIpc) is 2.88. The Bertz CT molecular complexity index is 773. The molecule has 0 aliphatic heterocycles. The summed E-state index contributed by atoms with van der Waals surface area (Å²) in [7, 11) is 0. The summed E-state index contributed by atoms with van der Waals surface area (Å²) in [5, 5.41) is 3.91. The van der Waals surface area contributed by atoms with E-state index < -0.39 is 0 Å². The summed E-state index contributed by atoms with van der Waals surface area (Å²) in [6, 6.07) is 11.5. The summed E-state index contributed by atoms with van der Waals surface area (Å²) >= 11 is 3.27. The Labute approximate surface area is 122 Å². The van der Waals surface area contributed by atoms with Gasteiger partial charge in [-0.25, -0.2) is 4.39 Å². The first-order valence-electron chi connectivity index (χ1n) is 5.78. The maximum atomic E-state index is 13.1. The predicted octanol–water partition coefficient (Wildman–Crippen LogP) is 3.89. The Kier molecular flexibility index (Phi) is 3.23. The van der Waals surface area contributed by atoms with Crippen LogP contribution in [0.1, 0.15) is 0 Å². The molecule has 2 N–H and O–H groups in total. The Morgan fingerprint density at radius 2 is 2.00 bits per heavy atom. The van der Waals surface area contributed by atoms with Gasteiger partial charge in [0.15, 0.2) is 0 Å². The van der Waals surface area contributed by atoms with Crippen LogP contribution < -0.4 is 5.73 Å². The van der Waals surface area contributed by atoms with Crippen LogP contribution in [-0.2, 0) is 0 Å². The van der Waals surface area contributed by atoms with Crippen molar-refractivity contribution in [3.8, 4) is 22.8 Å². The Balaban J connectivity index is 2.02. The maximum absolute atomic E-state index is 13.1. The molecular formula is C14H9BrFN3O. The molecule has 0 spiro atoms. The number of nitrogen functional groups attached to an aromatic ring is 1. The van der Waals surface area contributed by atoms with Gasteiger partial charge in [0.05, 0.1) is 5.56 Å². The normalized spacial score (nSPS) is 10.7. The highest BCUT2D eigenvalue weighted by Crippen LogP contribution is 2.29. The summed E-state index contributed by atoms with van der Waals surface area (Å²) in [6.07, 6.45) is 0. The number of nitrogens with zero attached hydrogens (tertiary/aromatic N) is 2. The largest absolute Gasteiger partial charge is 0.399 e. The van der Waals surface area contributed by atoms with Gasteiger partial charge in [-0.15, -0.1) is 0 Å². The first kappa shape index (κ1) is 12.8. The van der Waals surface area contributed by atoms with Crippen molar-refractivity contribution in [2.75, 3.05) is 5.73 Å². The second kappa shape index (κ2) is 5.05. The number of hydrogen-bond donors (Lipinski definition) is 1. The van der Waals surface area contributed by atoms with E-state index in [4.69, 9.17) is 10.3 Å². The van der Waals surface area contributed by atoms with Gasteiger partial charge >= 0.3 is 0 Å². The number of benzene rings is 2. The van der Waals surface area contributed by atoms with Crippen LogP contribution in [0.25, 0.3) is 22.8 Å². The molecule has 4 nitrogen and oxygen atoms in total. The summed E-state index contributed by atoms with van der Waals surface area (Å²) in [5.41, 5.74) is 7.74. The average molecular weight is 334 g/mol. The molecular weight excluding hydrogens is 325 g/mol. The van der Waals surface area contributed by atoms with E-state index in [2.05, 4.69) is 26.1 Å². The van der Waals surface area contributed by atoms with Gasteiger partial charge in [-0.05, 0) is 46.3 Å². The highest BCUT2D eigenvalue weighted by atomic mass is 79.9. The molecule has 0 unspecified atom stereocenters. The molecule has 1 aromatic heterocycles. The molecule has 0 radical (unpaired) electrons. The van der Waals surface area contributed by atoms with Crippen molar-refractivity contribution >= 4 is 21.6 Å². The topological polar surface area (TPSA) is 64.9 Å². The molecule has 0 bridgehead atoms.